The number of carbonyl (C=O) groups excluding carboxylic acids is 1. The van der Waals surface area contributed by atoms with Gasteiger partial charge in [-0.05, 0) is 48.0 Å². The zero-order valence-electron chi connectivity index (χ0n) is 18.5. The Morgan fingerprint density at radius 2 is 1.71 bits per heavy atom. The van der Waals surface area contributed by atoms with Crippen LogP contribution in [0.25, 0.3) is 0 Å². The summed E-state index contributed by atoms with van der Waals surface area (Å²) in [5.41, 5.74) is 1.44. The average Bonchev–Trinajstić information content (AvgIpc) is 3.40. The quantitative estimate of drug-likeness (QED) is 0.381. The van der Waals surface area contributed by atoms with E-state index in [1.165, 1.54) is 29.8 Å². The van der Waals surface area contributed by atoms with Crippen molar-refractivity contribution in [3.63, 3.8) is 0 Å². The van der Waals surface area contributed by atoms with E-state index in [0.717, 1.165) is 5.56 Å². The fraction of sp³-hybridized carbons (Fsp3) is 0.115. The van der Waals surface area contributed by atoms with Gasteiger partial charge in [-0.25, -0.2) is 8.42 Å². The predicted octanol–water partition coefficient (Wildman–Crippen LogP) is 4.61. The monoisotopic (exact) mass is 476 g/mol. The summed E-state index contributed by atoms with van der Waals surface area (Å²) in [5.74, 6) is 0.622. The molecule has 0 aliphatic carbocycles. The summed E-state index contributed by atoms with van der Waals surface area (Å²) in [4.78, 5) is 12.7. The fourth-order valence-electron chi connectivity index (χ4n) is 3.49. The molecular weight excluding hydrogens is 452 g/mol. The summed E-state index contributed by atoms with van der Waals surface area (Å²) in [5, 5.41) is 2.74. The Morgan fingerprint density at radius 3 is 2.44 bits per heavy atom. The highest BCUT2D eigenvalue weighted by molar-refractivity contribution is 7.92. The summed E-state index contributed by atoms with van der Waals surface area (Å²) in [6.45, 7) is 0.294. The standard InChI is InChI=1S/C26H24N2O5S/c1-32-25-15-6-5-14-24(25)28(19-20-9-3-2-4-10-20)34(30,31)23-13-7-11-21(17-23)26(29)27-18-22-12-8-16-33-22/h2-17H,18-19H2,1H3,(H,27,29). The number of para-hydroxylation sites is 2. The van der Waals surface area contributed by atoms with Crippen molar-refractivity contribution in [2.24, 2.45) is 0 Å². The van der Waals surface area contributed by atoms with Crippen molar-refractivity contribution in [2.45, 2.75) is 18.0 Å². The molecule has 7 nitrogen and oxygen atoms in total. The number of sulfonamides is 1. The molecule has 4 aromatic rings. The lowest BCUT2D eigenvalue weighted by Crippen LogP contribution is -2.31. The number of ether oxygens (including phenoxy) is 1. The van der Waals surface area contributed by atoms with Crippen LogP contribution in [0.2, 0.25) is 0 Å². The number of hydrogen-bond acceptors (Lipinski definition) is 5. The van der Waals surface area contributed by atoms with Gasteiger partial charge in [0.15, 0.2) is 0 Å². The first kappa shape index (κ1) is 23.1. The molecule has 0 saturated heterocycles. The first-order chi connectivity index (χ1) is 16.5. The largest absolute Gasteiger partial charge is 0.495 e. The number of nitrogens with zero attached hydrogens (tertiary/aromatic N) is 1. The highest BCUT2D eigenvalue weighted by Crippen LogP contribution is 2.33. The van der Waals surface area contributed by atoms with Gasteiger partial charge in [0.2, 0.25) is 0 Å². The summed E-state index contributed by atoms with van der Waals surface area (Å²) in [6.07, 6.45) is 1.52. The van der Waals surface area contributed by atoms with Gasteiger partial charge in [-0.2, -0.15) is 0 Å². The van der Waals surface area contributed by atoms with Gasteiger partial charge < -0.3 is 14.5 Å². The third-order valence-corrected chi connectivity index (χ3v) is 6.97. The molecule has 8 heteroatoms. The summed E-state index contributed by atoms with van der Waals surface area (Å²) >= 11 is 0. The molecule has 0 fully saturated rings. The Balaban J connectivity index is 1.68. The topological polar surface area (TPSA) is 88.8 Å². The van der Waals surface area contributed by atoms with E-state index < -0.39 is 15.9 Å². The average molecular weight is 477 g/mol. The zero-order valence-corrected chi connectivity index (χ0v) is 19.4. The normalized spacial score (nSPS) is 11.1. The predicted molar refractivity (Wildman–Crippen MR) is 129 cm³/mol. The van der Waals surface area contributed by atoms with Crippen molar-refractivity contribution in [1.29, 1.82) is 0 Å². The van der Waals surface area contributed by atoms with E-state index in [-0.39, 0.29) is 23.5 Å². The van der Waals surface area contributed by atoms with Gasteiger partial charge in [0.1, 0.15) is 11.5 Å². The zero-order chi connectivity index (χ0) is 24.0. The molecule has 0 unspecified atom stereocenters. The van der Waals surface area contributed by atoms with Crippen LogP contribution >= 0.6 is 0 Å². The molecule has 3 aromatic carbocycles. The van der Waals surface area contributed by atoms with E-state index in [4.69, 9.17) is 9.15 Å². The number of benzene rings is 3. The molecule has 1 aromatic heterocycles. The second-order valence-corrected chi connectivity index (χ2v) is 9.32. The maximum absolute atomic E-state index is 13.8. The molecule has 1 N–H and O–H groups in total. The van der Waals surface area contributed by atoms with Crippen LogP contribution in [0.1, 0.15) is 21.7 Å². The molecule has 0 radical (unpaired) electrons. The number of methoxy groups -OCH3 is 1. The van der Waals surface area contributed by atoms with Crippen molar-refractivity contribution in [1.82, 2.24) is 5.32 Å². The molecule has 0 aliphatic rings. The van der Waals surface area contributed by atoms with E-state index in [0.29, 0.717) is 17.2 Å². The second-order valence-electron chi connectivity index (χ2n) is 7.46. The van der Waals surface area contributed by atoms with Crippen LogP contribution < -0.4 is 14.4 Å². The van der Waals surface area contributed by atoms with Crippen LogP contribution in [0.15, 0.2) is 107 Å². The maximum Gasteiger partial charge on any atom is 0.264 e. The van der Waals surface area contributed by atoms with E-state index in [9.17, 15) is 13.2 Å². The van der Waals surface area contributed by atoms with Crippen LogP contribution in [-0.4, -0.2) is 21.4 Å². The smallest absolute Gasteiger partial charge is 0.264 e. The van der Waals surface area contributed by atoms with Crippen LogP contribution in [0.5, 0.6) is 5.75 Å². The summed E-state index contributed by atoms with van der Waals surface area (Å²) < 4.78 is 39.7. The highest BCUT2D eigenvalue weighted by atomic mass is 32.2. The molecule has 1 amide bonds. The fourth-order valence-corrected chi connectivity index (χ4v) is 5.00. The lowest BCUT2D eigenvalue weighted by Gasteiger charge is -2.26. The van der Waals surface area contributed by atoms with Crippen molar-refractivity contribution in [2.75, 3.05) is 11.4 Å². The number of rotatable bonds is 9. The van der Waals surface area contributed by atoms with E-state index in [2.05, 4.69) is 5.32 Å². The lowest BCUT2D eigenvalue weighted by molar-refractivity contribution is 0.0948. The van der Waals surface area contributed by atoms with E-state index in [1.807, 2.05) is 30.3 Å². The molecule has 1 heterocycles. The molecule has 174 valence electrons. The van der Waals surface area contributed by atoms with Crippen LogP contribution in [0, 0.1) is 0 Å². The minimum atomic E-state index is -4.04. The molecule has 0 atom stereocenters. The highest BCUT2D eigenvalue weighted by Gasteiger charge is 2.28. The molecule has 0 spiro atoms. The third kappa shape index (κ3) is 5.13. The van der Waals surface area contributed by atoms with Crippen LogP contribution in [-0.2, 0) is 23.1 Å². The van der Waals surface area contributed by atoms with Crippen LogP contribution in [0.3, 0.4) is 0 Å². The van der Waals surface area contributed by atoms with Gasteiger partial charge >= 0.3 is 0 Å². The van der Waals surface area contributed by atoms with Crippen molar-refractivity contribution >= 4 is 21.6 Å². The van der Waals surface area contributed by atoms with Crippen LogP contribution in [0.4, 0.5) is 5.69 Å². The van der Waals surface area contributed by atoms with E-state index >= 15 is 0 Å². The Morgan fingerprint density at radius 1 is 0.941 bits per heavy atom. The second kappa shape index (κ2) is 10.3. The SMILES string of the molecule is COc1ccccc1N(Cc1ccccc1)S(=O)(=O)c1cccc(C(=O)NCc2ccco2)c1. The van der Waals surface area contributed by atoms with E-state index in [1.54, 1.807) is 48.5 Å². The summed E-state index contributed by atoms with van der Waals surface area (Å²) in [6, 6.07) is 25.7. The number of anilines is 1. The van der Waals surface area contributed by atoms with Crippen molar-refractivity contribution in [3.05, 3.63) is 114 Å². The first-order valence-corrected chi connectivity index (χ1v) is 12.0. The molecule has 34 heavy (non-hydrogen) atoms. The first-order valence-electron chi connectivity index (χ1n) is 10.6. The van der Waals surface area contributed by atoms with Gasteiger partial charge in [-0.15, -0.1) is 0 Å². The third-order valence-electron chi connectivity index (χ3n) is 5.21. The van der Waals surface area contributed by atoms with Gasteiger partial charge in [0.05, 0.1) is 37.0 Å². The van der Waals surface area contributed by atoms with Crippen molar-refractivity contribution in [3.8, 4) is 5.75 Å². The Hall–Kier alpha value is -4.04. The molecule has 0 aliphatic heterocycles. The Bertz CT molecular complexity index is 1350. The van der Waals surface area contributed by atoms with Gasteiger partial charge in [-0.3, -0.25) is 9.10 Å². The molecular formula is C26H24N2O5S. The summed E-state index contributed by atoms with van der Waals surface area (Å²) in [7, 11) is -2.55. The number of hydrogen-bond donors (Lipinski definition) is 1. The number of nitrogens with one attached hydrogen (secondary N) is 1. The number of carbonyl (C=O) groups is 1. The Kier molecular flexibility index (Phi) is 6.98. The van der Waals surface area contributed by atoms with Gasteiger partial charge in [0.25, 0.3) is 15.9 Å². The van der Waals surface area contributed by atoms with Gasteiger partial charge in [-0.1, -0.05) is 48.5 Å². The van der Waals surface area contributed by atoms with Gasteiger partial charge in [0, 0.05) is 5.56 Å². The molecule has 0 saturated carbocycles. The minimum Gasteiger partial charge on any atom is -0.495 e. The number of furan rings is 1. The number of amides is 1. The maximum atomic E-state index is 13.8. The molecule has 0 bridgehead atoms. The minimum absolute atomic E-state index is 0.0000131. The lowest BCUT2D eigenvalue weighted by atomic mass is 10.2. The molecule has 4 rings (SSSR count). The van der Waals surface area contributed by atoms with Crippen molar-refractivity contribution < 1.29 is 22.4 Å². The Labute approximate surface area is 198 Å².